The Bertz CT molecular complexity index is 701. The van der Waals surface area contributed by atoms with Crippen molar-refractivity contribution in [1.82, 2.24) is 4.98 Å². The van der Waals surface area contributed by atoms with Crippen molar-refractivity contribution >= 4 is 34.4 Å². The van der Waals surface area contributed by atoms with Crippen LogP contribution < -0.4 is 4.87 Å². The SMILES string of the molecule is O=c1[nH]c2c(s1)[C@H](c1cccs1)[C@@H]1[C@H]3CC[C@@H](C3)[C@@H]1S2. The van der Waals surface area contributed by atoms with Crippen LogP contribution in [-0.4, -0.2) is 10.2 Å². The van der Waals surface area contributed by atoms with Crippen LogP contribution in [0.5, 0.6) is 0 Å². The van der Waals surface area contributed by atoms with Gasteiger partial charge in [-0.1, -0.05) is 17.4 Å². The molecule has 2 aliphatic carbocycles. The molecule has 0 spiro atoms. The number of rotatable bonds is 1. The number of hydrogen-bond acceptors (Lipinski definition) is 4. The van der Waals surface area contributed by atoms with E-state index in [2.05, 4.69) is 22.5 Å². The van der Waals surface area contributed by atoms with Crippen LogP contribution in [0, 0.1) is 17.8 Å². The van der Waals surface area contributed by atoms with E-state index in [1.165, 1.54) is 45.4 Å². The highest BCUT2D eigenvalue weighted by Gasteiger charge is 2.54. The van der Waals surface area contributed by atoms with Crippen LogP contribution in [0.15, 0.2) is 27.3 Å². The van der Waals surface area contributed by atoms with Gasteiger partial charge in [-0.15, -0.1) is 23.1 Å². The van der Waals surface area contributed by atoms with Crippen molar-refractivity contribution < 1.29 is 0 Å². The fourth-order valence-corrected chi connectivity index (χ4v) is 8.49. The molecule has 5 atom stereocenters. The average Bonchev–Trinajstić information content (AvgIpc) is 3.19. The van der Waals surface area contributed by atoms with Gasteiger partial charge in [0.15, 0.2) is 0 Å². The van der Waals surface area contributed by atoms with Gasteiger partial charge in [-0.3, -0.25) is 4.79 Å². The number of thiazole rings is 1. The second kappa shape index (κ2) is 4.24. The molecule has 0 aromatic carbocycles. The number of aromatic nitrogens is 1. The molecule has 0 saturated heterocycles. The van der Waals surface area contributed by atoms with Crippen LogP contribution in [0.25, 0.3) is 0 Å². The van der Waals surface area contributed by atoms with E-state index >= 15 is 0 Å². The molecule has 1 aliphatic heterocycles. The first kappa shape index (κ1) is 12.1. The van der Waals surface area contributed by atoms with Crippen LogP contribution in [-0.2, 0) is 0 Å². The fraction of sp³-hybridized carbons (Fsp3) is 0.533. The summed E-state index contributed by atoms with van der Waals surface area (Å²) in [7, 11) is 0. The monoisotopic (exact) mass is 321 g/mol. The number of nitrogens with one attached hydrogen (secondary N) is 1. The third-order valence-electron chi connectivity index (χ3n) is 5.32. The normalized spacial score (nSPS) is 37.9. The number of thiophene rings is 1. The van der Waals surface area contributed by atoms with E-state index in [0.29, 0.717) is 5.92 Å². The molecule has 20 heavy (non-hydrogen) atoms. The summed E-state index contributed by atoms with van der Waals surface area (Å²) in [6, 6.07) is 4.42. The summed E-state index contributed by atoms with van der Waals surface area (Å²) < 4.78 is 0. The lowest BCUT2D eigenvalue weighted by Crippen LogP contribution is -2.33. The number of thioether (sulfide) groups is 1. The Morgan fingerprint density at radius 3 is 3.00 bits per heavy atom. The van der Waals surface area contributed by atoms with Crippen molar-refractivity contribution in [2.45, 2.75) is 35.5 Å². The van der Waals surface area contributed by atoms with Crippen molar-refractivity contribution in [3.63, 3.8) is 0 Å². The molecule has 0 unspecified atom stereocenters. The van der Waals surface area contributed by atoms with Gasteiger partial charge >= 0.3 is 4.87 Å². The zero-order valence-electron chi connectivity index (χ0n) is 10.9. The van der Waals surface area contributed by atoms with Crippen LogP contribution in [0.4, 0.5) is 0 Å². The Morgan fingerprint density at radius 2 is 2.15 bits per heavy atom. The first-order valence-electron chi connectivity index (χ1n) is 7.24. The lowest BCUT2D eigenvalue weighted by atomic mass is 9.77. The molecule has 2 aromatic rings. The molecule has 2 bridgehead atoms. The highest BCUT2D eigenvalue weighted by molar-refractivity contribution is 8.00. The highest BCUT2D eigenvalue weighted by Crippen LogP contribution is 2.63. The zero-order valence-corrected chi connectivity index (χ0v) is 13.3. The first-order valence-corrected chi connectivity index (χ1v) is 9.82. The summed E-state index contributed by atoms with van der Waals surface area (Å²) in [6.07, 6.45) is 4.23. The summed E-state index contributed by atoms with van der Waals surface area (Å²) in [5, 5.41) is 4.08. The molecule has 0 amide bonds. The molecule has 3 heterocycles. The van der Waals surface area contributed by atoms with E-state index in [1.807, 2.05) is 23.1 Å². The van der Waals surface area contributed by atoms with Gasteiger partial charge < -0.3 is 4.98 Å². The van der Waals surface area contributed by atoms with E-state index in [1.54, 1.807) is 0 Å². The summed E-state index contributed by atoms with van der Waals surface area (Å²) in [6.45, 7) is 0. The van der Waals surface area contributed by atoms with Gasteiger partial charge in [0.05, 0.1) is 5.03 Å². The summed E-state index contributed by atoms with van der Waals surface area (Å²) in [4.78, 5) is 17.8. The van der Waals surface area contributed by atoms with E-state index in [4.69, 9.17) is 0 Å². The predicted octanol–water partition coefficient (Wildman–Crippen LogP) is 4.15. The van der Waals surface area contributed by atoms with Crippen molar-refractivity contribution in [2.24, 2.45) is 17.8 Å². The predicted molar refractivity (Wildman–Crippen MR) is 85.1 cm³/mol. The minimum Gasteiger partial charge on any atom is -0.307 e. The van der Waals surface area contributed by atoms with Crippen LogP contribution in [0.2, 0.25) is 0 Å². The minimum atomic E-state index is 0.122. The van der Waals surface area contributed by atoms with Gasteiger partial charge in [0.2, 0.25) is 0 Å². The lowest BCUT2D eigenvalue weighted by molar-refractivity contribution is 0.310. The Morgan fingerprint density at radius 1 is 1.25 bits per heavy atom. The topological polar surface area (TPSA) is 32.9 Å². The second-order valence-electron chi connectivity index (χ2n) is 6.19. The molecule has 2 aromatic heterocycles. The van der Waals surface area contributed by atoms with Gasteiger partial charge in [-0.25, -0.2) is 0 Å². The number of fused-ring (bicyclic) bond motifs is 6. The van der Waals surface area contributed by atoms with Crippen molar-refractivity contribution in [1.29, 1.82) is 0 Å². The molecule has 2 fully saturated rings. The van der Waals surface area contributed by atoms with Crippen LogP contribution >= 0.6 is 34.4 Å². The fourth-order valence-electron chi connectivity index (χ4n) is 4.64. The van der Waals surface area contributed by atoms with Crippen molar-refractivity contribution in [3.05, 3.63) is 36.9 Å². The average molecular weight is 321 g/mol. The molecule has 5 rings (SSSR count). The number of aromatic amines is 1. The zero-order chi connectivity index (χ0) is 13.3. The van der Waals surface area contributed by atoms with Crippen LogP contribution in [0.1, 0.15) is 34.9 Å². The number of hydrogen-bond donors (Lipinski definition) is 1. The van der Waals surface area contributed by atoms with E-state index in [9.17, 15) is 4.79 Å². The van der Waals surface area contributed by atoms with E-state index < -0.39 is 0 Å². The smallest absolute Gasteiger partial charge is 0.305 e. The van der Waals surface area contributed by atoms with E-state index in [0.717, 1.165) is 23.0 Å². The Kier molecular flexibility index (Phi) is 2.56. The van der Waals surface area contributed by atoms with Gasteiger partial charge in [0.1, 0.15) is 0 Å². The van der Waals surface area contributed by atoms with Crippen LogP contribution in [0.3, 0.4) is 0 Å². The molecule has 2 nitrogen and oxygen atoms in total. The molecule has 5 heteroatoms. The molecule has 1 N–H and O–H groups in total. The molecule has 3 aliphatic rings. The highest BCUT2D eigenvalue weighted by atomic mass is 32.2. The minimum absolute atomic E-state index is 0.122. The second-order valence-corrected chi connectivity index (χ2v) is 9.38. The summed E-state index contributed by atoms with van der Waals surface area (Å²) in [5.41, 5.74) is 0. The molecule has 104 valence electrons. The van der Waals surface area contributed by atoms with Gasteiger partial charge in [0.25, 0.3) is 0 Å². The third kappa shape index (κ3) is 1.54. The van der Waals surface area contributed by atoms with Gasteiger partial charge in [0, 0.05) is 20.9 Å². The lowest BCUT2D eigenvalue weighted by Gasteiger charge is -2.39. The molecular formula is C15H15NOS3. The molecular weight excluding hydrogens is 306 g/mol. The maximum atomic E-state index is 11.8. The third-order valence-corrected chi connectivity index (χ3v) is 8.89. The Labute approximate surface area is 129 Å². The summed E-state index contributed by atoms with van der Waals surface area (Å²) in [5.74, 6) is 3.01. The first-order chi connectivity index (χ1) is 9.81. The Balaban J connectivity index is 1.71. The van der Waals surface area contributed by atoms with Gasteiger partial charge in [-0.05, 0) is 48.5 Å². The summed E-state index contributed by atoms with van der Waals surface area (Å²) >= 11 is 5.28. The van der Waals surface area contributed by atoms with Crippen molar-refractivity contribution in [2.75, 3.05) is 0 Å². The maximum Gasteiger partial charge on any atom is 0.305 e. The van der Waals surface area contributed by atoms with Gasteiger partial charge in [-0.2, -0.15) is 0 Å². The molecule has 2 saturated carbocycles. The standard InChI is InChI=1S/C15H15NOS3/c17-15-16-14-13(20-15)11(9-2-1-5-18-9)10-7-3-4-8(6-7)12(10)19-14/h1-2,5,7-8,10-12H,3-4,6H2,(H,16,17)/t7-,8-,10-,11+,12-/m0/s1. The van der Waals surface area contributed by atoms with E-state index in [-0.39, 0.29) is 4.87 Å². The Hall–Kier alpha value is -0.520. The molecule has 0 radical (unpaired) electrons. The largest absolute Gasteiger partial charge is 0.307 e. The van der Waals surface area contributed by atoms with Crippen molar-refractivity contribution in [3.8, 4) is 0 Å². The number of H-pyrrole nitrogens is 1. The quantitative estimate of drug-likeness (QED) is 0.856. The maximum absolute atomic E-state index is 11.8.